The molecule has 0 N–H and O–H groups in total. The first-order chi connectivity index (χ1) is 8.66. The molecule has 0 radical (unpaired) electrons. The van der Waals surface area contributed by atoms with Gasteiger partial charge in [-0.3, -0.25) is 4.79 Å². The zero-order valence-electron chi connectivity index (χ0n) is 10.8. The van der Waals surface area contributed by atoms with Gasteiger partial charge in [0.1, 0.15) is 5.65 Å². The first kappa shape index (κ1) is 11.3. The zero-order valence-corrected chi connectivity index (χ0v) is 10.8. The average molecular weight is 243 g/mol. The average Bonchev–Trinajstić information content (AvgIpc) is 2.75. The number of carbonyl (C=O) groups excluding carboxylic acids is 1. The van der Waals surface area contributed by atoms with Crippen LogP contribution in [-0.2, 0) is 17.8 Å². The third-order valence-electron chi connectivity index (χ3n) is 3.48. The van der Waals surface area contributed by atoms with E-state index >= 15 is 0 Å². The Bertz CT molecular complexity index is 600. The lowest BCUT2D eigenvalue weighted by Gasteiger charge is -2.28. The monoisotopic (exact) mass is 243 g/mol. The summed E-state index contributed by atoms with van der Waals surface area (Å²) in [6, 6.07) is 6.00. The molecule has 2 aromatic rings. The van der Waals surface area contributed by atoms with E-state index in [2.05, 4.69) is 9.38 Å². The third kappa shape index (κ3) is 1.68. The molecule has 3 rings (SSSR count). The second-order valence-corrected chi connectivity index (χ2v) is 5.10. The van der Waals surface area contributed by atoms with Gasteiger partial charge < -0.3 is 9.30 Å². The van der Waals surface area contributed by atoms with Crippen molar-refractivity contribution in [2.24, 2.45) is 5.92 Å². The minimum absolute atomic E-state index is 0.0609. The zero-order chi connectivity index (χ0) is 12.7. The molecular weight excluding hydrogens is 226 g/mol. The first-order valence-electron chi connectivity index (χ1n) is 6.40. The number of amides is 1. The van der Waals surface area contributed by atoms with Crippen LogP contribution < -0.4 is 0 Å². The van der Waals surface area contributed by atoms with Crippen LogP contribution in [0.3, 0.4) is 0 Å². The van der Waals surface area contributed by atoms with Gasteiger partial charge in [-0.1, -0.05) is 19.9 Å². The van der Waals surface area contributed by atoms with Crippen LogP contribution in [0.15, 0.2) is 24.4 Å². The van der Waals surface area contributed by atoms with Gasteiger partial charge in [0.2, 0.25) is 5.91 Å². The number of pyridine rings is 1. The second-order valence-electron chi connectivity index (χ2n) is 5.10. The number of imidazole rings is 1. The lowest BCUT2D eigenvalue weighted by molar-refractivity contribution is -0.135. The summed E-state index contributed by atoms with van der Waals surface area (Å²) in [4.78, 5) is 18.6. The van der Waals surface area contributed by atoms with Gasteiger partial charge in [0.25, 0.3) is 0 Å². The number of carbonyl (C=O) groups is 1. The van der Waals surface area contributed by atoms with Gasteiger partial charge in [0.15, 0.2) is 0 Å². The fourth-order valence-corrected chi connectivity index (χ4v) is 2.52. The maximum Gasteiger partial charge on any atom is 0.225 e. The fraction of sp³-hybridized carbons (Fsp3) is 0.429. The van der Waals surface area contributed by atoms with Crippen LogP contribution in [0.25, 0.3) is 5.65 Å². The summed E-state index contributed by atoms with van der Waals surface area (Å²) in [6.45, 7) is 5.37. The minimum Gasteiger partial charge on any atom is -0.336 e. The lowest BCUT2D eigenvalue weighted by Crippen LogP contribution is -2.38. The van der Waals surface area contributed by atoms with Crippen molar-refractivity contribution in [3.05, 3.63) is 35.8 Å². The van der Waals surface area contributed by atoms with E-state index in [1.54, 1.807) is 0 Å². The molecule has 0 bridgehead atoms. The van der Waals surface area contributed by atoms with E-state index in [1.807, 2.05) is 43.1 Å². The highest BCUT2D eigenvalue weighted by molar-refractivity contribution is 5.78. The van der Waals surface area contributed by atoms with E-state index in [-0.39, 0.29) is 11.8 Å². The van der Waals surface area contributed by atoms with Crippen LogP contribution in [-0.4, -0.2) is 26.7 Å². The molecular formula is C14H17N3O. The summed E-state index contributed by atoms with van der Waals surface area (Å²) in [5, 5.41) is 0. The summed E-state index contributed by atoms with van der Waals surface area (Å²) >= 11 is 0. The van der Waals surface area contributed by atoms with Crippen molar-refractivity contribution in [3.8, 4) is 0 Å². The van der Waals surface area contributed by atoms with Crippen molar-refractivity contribution < 1.29 is 4.79 Å². The number of hydrogen-bond donors (Lipinski definition) is 0. The molecule has 2 aromatic heterocycles. The van der Waals surface area contributed by atoms with Gasteiger partial charge in [-0.25, -0.2) is 4.98 Å². The van der Waals surface area contributed by atoms with E-state index < -0.39 is 0 Å². The molecule has 0 unspecified atom stereocenters. The molecule has 0 spiro atoms. The Morgan fingerprint density at radius 1 is 1.39 bits per heavy atom. The van der Waals surface area contributed by atoms with Crippen molar-refractivity contribution in [3.63, 3.8) is 0 Å². The lowest BCUT2D eigenvalue weighted by atomic mass is 10.1. The van der Waals surface area contributed by atoms with Crippen LogP contribution in [0, 0.1) is 5.92 Å². The molecule has 3 heterocycles. The smallest absolute Gasteiger partial charge is 0.225 e. The maximum absolute atomic E-state index is 12.1. The molecule has 1 aliphatic rings. The van der Waals surface area contributed by atoms with Gasteiger partial charge in [-0.15, -0.1) is 0 Å². The van der Waals surface area contributed by atoms with Gasteiger partial charge >= 0.3 is 0 Å². The second kappa shape index (κ2) is 4.12. The fourth-order valence-electron chi connectivity index (χ4n) is 2.52. The predicted octanol–water partition coefficient (Wildman–Crippen LogP) is 1.88. The Morgan fingerprint density at radius 2 is 2.22 bits per heavy atom. The standard InChI is InChI=1S/C14H17N3O/c1-10(2)14(18)16-8-6-11-12(9-16)17-7-4-3-5-13(17)15-11/h3-5,7,10H,6,8-9H2,1-2H3. The largest absolute Gasteiger partial charge is 0.336 e. The molecule has 0 fully saturated rings. The summed E-state index contributed by atoms with van der Waals surface area (Å²) in [7, 11) is 0. The predicted molar refractivity (Wildman–Crippen MR) is 69.2 cm³/mol. The number of rotatable bonds is 1. The SMILES string of the molecule is CC(C)C(=O)N1CCc2nc3ccccn3c2C1. The first-order valence-corrected chi connectivity index (χ1v) is 6.40. The van der Waals surface area contributed by atoms with Crippen LogP contribution in [0.2, 0.25) is 0 Å². The van der Waals surface area contributed by atoms with Gasteiger partial charge in [0.05, 0.1) is 17.9 Å². The Balaban J connectivity index is 1.99. The van der Waals surface area contributed by atoms with Crippen molar-refractivity contribution in [2.45, 2.75) is 26.8 Å². The normalized spacial score (nSPS) is 15.2. The van der Waals surface area contributed by atoms with E-state index in [4.69, 9.17) is 0 Å². The quantitative estimate of drug-likeness (QED) is 0.767. The summed E-state index contributed by atoms with van der Waals surface area (Å²) in [5.41, 5.74) is 3.27. The van der Waals surface area contributed by atoms with Crippen LogP contribution in [0.1, 0.15) is 25.2 Å². The van der Waals surface area contributed by atoms with E-state index in [1.165, 1.54) is 0 Å². The molecule has 4 heteroatoms. The van der Waals surface area contributed by atoms with Gasteiger partial charge in [-0.05, 0) is 12.1 Å². The van der Waals surface area contributed by atoms with E-state index in [0.29, 0.717) is 6.54 Å². The summed E-state index contributed by atoms with van der Waals surface area (Å²) in [5.74, 6) is 0.289. The molecule has 1 amide bonds. The topological polar surface area (TPSA) is 37.6 Å². The van der Waals surface area contributed by atoms with Crippen molar-refractivity contribution in [1.29, 1.82) is 0 Å². The van der Waals surface area contributed by atoms with E-state index in [9.17, 15) is 4.79 Å². The van der Waals surface area contributed by atoms with Gasteiger partial charge in [-0.2, -0.15) is 0 Å². The molecule has 0 saturated heterocycles. The molecule has 4 nitrogen and oxygen atoms in total. The van der Waals surface area contributed by atoms with Crippen molar-refractivity contribution in [1.82, 2.24) is 14.3 Å². The summed E-state index contributed by atoms with van der Waals surface area (Å²) in [6.07, 6.45) is 2.87. The van der Waals surface area contributed by atoms with Gasteiger partial charge in [0, 0.05) is 25.1 Å². The highest BCUT2D eigenvalue weighted by Crippen LogP contribution is 2.21. The van der Waals surface area contributed by atoms with Crippen molar-refractivity contribution in [2.75, 3.05) is 6.54 Å². The Kier molecular flexibility index (Phi) is 2.58. The molecule has 0 atom stereocenters. The van der Waals surface area contributed by atoms with Crippen LogP contribution in [0.5, 0.6) is 0 Å². The van der Waals surface area contributed by atoms with Crippen LogP contribution in [0.4, 0.5) is 0 Å². The van der Waals surface area contributed by atoms with Crippen LogP contribution >= 0.6 is 0 Å². The third-order valence-corrected chi connectivity index (χ3v) is 3.48. The van der Waals surface area contributed by atoms with E-state index in [0.717, 1.165) is 30.0 Å². The van der Waals surface area contributed by atoms with Crippen molar-refractivity contribution >= 4 is 11.6 Å². The number of aromatic nitrogens is 2. The minimum atomic E-state index is 0.0609. The molecule has 0 aromatic carbocycles. The number of hydrogen-bond acceptors (Lipinski definition) is 2. The molecule has 1 aliphatic heterocycles. The molecule has 0 saturated carbocycles. The number of fused-ring (bicyclic) bond motifs is 3. The summed E-state index contributed by atoms with van der Waals surface area (Å²) < 4.78 is 2.09. The Morgan fingerprint density at radius 3 is 3.00 bits per heavy atom. The molecule has 18 heavy (non-hydrogen) atoms. The number of nitrogens with zero attached hydrogens (tertiary/aromatic N) is 3. The Labute approximate surface area is 106 Å². The molecule has 94 valence electrons. The molecule has 0 aliphatic carbocycles. The highest BCUT2D eigenvalue weighted by Gasteiger charge is 2.25. The Hall–Kier alpha value is -1.84. The highest BCUT2D eigenvalue weighted by atomic mass is 16.2. The maximum atomic E-state index is 12.1.